The SMILES string of the molecule is ClCc1nnc(-c2ccc(Cl)c(Br)c2)n1-c1ccccc1. The molecule has 2 aromatic carbocycles. The fourth-order valence-electron chi connectivity index (χ4n) is 2.07. The van der Waals surface area contributed by atoms with Gasteiger partial charge in [0.25, 0.3) is 0 Å². The van der Waals surface area contributed by atoms with Gasteiger partial charge in [-0.3, -0.25) is 4.57 Å². The van der Waals surface area contributed by atoms with Gasteiger partial charge >= 0.3 is 0 Å². The molecule has 0 aliphatic rings. The molecular weight excluding hydrogens is 373 g/mol. The van der Waals surface area contributed by atoms with Gasteiger partial charge in [-0.15, -0.1) is 21.8 Å². The quantitative estimate of drug-likeness (QED) is 0.590. The minimum absolute atomic E-state index is 0.288. The average Bonchev–Trinajstić information content (AvgIpc) is 2.95. The number of halogens is 3. The molecule has 3 aromatic rings. The van der Waals surface area contributed by atoms with Crippen molar-refractivity contribution in [1.82, 2.24) is 14.8 Å². The Morgan fingerprint density at radius 1 is 1.05 bits per heavy atom. The predicted molar refractivity (Wildman–Crippen MR) is 89.1 cm³/mol. The Balaban J connectivity index is 2.20. The molecule has 1 heterocycles. The summed E-state index contributed by atoms with van der Waals surface area (Å²) in [5.41, 5.74) is 1.89. The molecule has 0 saturated carbocycles. The molecule has 0 aliphatic carbocycles. The lowest BCUT2D eigenvalue weighted by atomic mass is 10.2. The van der Waals surface area contributed by atoms with Crippen LogP contribution in [0.1, 0.15) is 5.82 Å². The molecule has 3 rings (SSSR count). The third-order valence-electron chi connectivity index (χ3n) is 3.04. The maximum Gasteiger partial charge on any atom is 0.168 e. The summed E-state index contributed by atoms with van der Waals surface area (Å²) in [5.74, 6) is 1.72. The van der Waals surface area contributed by atoms with Crippen LogP contribution in [0.4, 0.5) is 0 Å². The van der Waals surface area contributed by atoms with E-state index in [0.29, 0.717) is 10.8 Å². The summed E-state index contributed by atoms with van der Waals surface area (Å²) in [6, 6.07) is 15.5. The van der Waals surface area contributed by atoms with E-state index in [0.717, 1.165) is 21.5 Å². The number of hydrogen-bond donors (Lipinski definition) is 0. The average molecular weight is 383 g/mol. The van der Waals surface area contributed by atoms with Crippen molar-refractivity contribution in [3.05, 3.63) is 63.9 Å². The Kier molecular flexibility index (Phi) is 4.29. The third kappa shape index (κ3) is 2.84. The predicted octanol–water partition coefficient (Wildman–Crippen LogP) is 5.09. The van der Waals surface area contributed by atoms with Gasteiger partial charge in [-0.2, -0.15) is 0 Å². The molecule has 0 N–H and O–H groups in total. The van der Waals surface area contributed by atoms with Crippen LogP contribution in [0.15, 0.2) is 53.0 Å². The van der Waals surface area contributed by atoms with Gasteiger partial charge in [-0.1, -0.05) is 29.8 Å². The van der Waals surface area contributed by atoms with Gasteiger partial charge in [0.15, 0.2) is 11.6 Å². The maximum atomic E-state index is 6.05. The molecule has 0 unspecified atom stereocenters. The zero-order valence-electron chi connectivity index (χ0n) is 10.8. The Labute approximate surface area is 140 Å². The number of aromatic nitrogens is 3. The van der Waals surface area contributed by atoms with Crippen LogP contribution in [0.25, 0.3) is 17.1 Å². The molecular formula is C15H10BrCl2N3. The summed E-state index contributed by atoms with van der Waals surface area (Å²) < 4.78 is 2.76. The Hall–Kier alpha value is -1.36. The second kappa shape index (κ2) is 6.18. The summed E-state index contributed by atoms with van der Waals surface area (Å²) >= 11 is 15.5. The van der Waals surface area contributed by atoms with E-state index in [9.17, 15) is 0 Å². The van der Waals surface area contributed by atoms with E-state index in [4.69, 9.17) is 23.2 Å². The van der Waals surface area contributed by atoms with Gasteiger partial charge in [0.1, 0.15) is 0 Å². The molecule has 0 fully saturated rings. The van der Waals surface area contributed by atoms with E-state index in [1.54, 1.807) is 0 Å². The van der Waals surface area contributed by atoms with Gasteiger partial charge in [0.2, 0.25) is 0 Å². The molecule has 0 saturated heterocycles. The first kappa shape index (κ1) is 14.6. The van der Waals surface area contributed by atoms with Gasteiger partial charge in [-0.05, 0) is 46.3 Å². The molecule has 1 aromatic heterocycles. The Morgan fingerprint density at radius 2 is 1.81 bits per heavy atom. The highest BCUT2D eigenvalue weighted by Gasteiger charge is 2.15. The normalized spacial score (nSPS) is 10.8. The van der Waals surface area contributed by atoms with Crippen molar-refractivity contribution in [3.63, 3.8) is 0 Å². The number of rotatable bonds is 3. The fraction of sp³-hybridized carbons (Fsp3) is 0.0667. The van der Waals surface area contributed by atoms with Gasteiger partial charge in [0, 0.05) is 15.7 Å². The van der Waals surface area contributed by atoms with Gasteiger partial charge in [0.05, 0.1) is 10.9 Å². The zero-order chi connectivity index (χ0) is 14.8. The van der Waals surface area contributed by atoms with Crippen molar-refractivity contribution in [2.75, 3.05) is 0 Å². The fourth-order valence-corrected chi connectivity index (χ4v) is 2.74. The highest BCUT2D eigenvalue weighted by atomic mass is 79.9. The molecule has 106 valence electrons. The van der Waals surface area contributed by atoms with E-state index >= 15 is 0 Å². The lowest BCUT2D eigenvalue weighted by Crippen LogP contribution is -2.01. The minimum atomic E-state index is 0.288. The number of hydrogen-bond acceptors (Lipinski definition) is 2. The molecule has 0 spiro atoms. The summed E-state index contributed by atoms with van der Waals surface area (Å²) in [4.78, 5) is 0. The van der Waals surface area contributed by atoms with Crippen LogP contribution in [-0.2, 0) is 5.88 Å². The zero-order valence-corrected chi connectivity index (χ0v) is 13.9. The Bertz CT molecular complexity index is 772. The summed E-state index contributed by atoms with van der Waals surface area (Å²) in [6.07, 6.45) is 0. The first-order chi connectivity index (χ1) is 10.2. The number of benzene rings is 2. The molecule has 0 bridgehead atoms. The van der Waals surface area contributed by atoms with Crippen LogP contribution < -0.4 is 0 Å². The minimum Gasteiger partial charge on any atom is -0.278 e. The highest BCUT2D eigenvalue weighted by molar-refractivity contribution is 9.10. The second-order valence-electron chi connectivity index (χ2n) is 4.37. The maximum absolute atomic E-state index is 6.05. The smallest absolute Gasteiger partial charge is 0.168 e. The molecule has 0 atom stereocenters. The van der Waals surface area contributed by atoms with Gasteiger partial charge < -0.3 is 0 Å². The van der Waals surface area contributed by atoms with E-state index in [-0.39, 0.29) is 5.88 Å². The van der Waals surface area contributed by atoms with Crippen LogP contribution in [0, 0.1) is 0 Å². The highest BCUT2D eigenvalue weighted by Crippen LogP contribution is 2.30. The lowest BCUT2D eigenvalue weighted by molar-refractivity contribution is 0.953. The first-order valence-corrected chi connectivity index (χ1v) is 7.92. The standard InChI is InChI=1S/C15H10BrCl2N3/c16-12-8-10(6-7-13(12)18)15-20-19-14(9-17)21(15)11-4-2-1-3-5-11/h1-8H,9H2. The molecule has 0 amide bonds. The van der Waals surface area contributed by atoms with E-state index in [1.807, 2.05) is 53.1 Å². The number of para-hydroxylation sites is 1. The molecule has 21 heavy (non-hydrogen) atoms. The molecule has 3 nitrogen and oxygen atoms in total. The molecule has 6 heteroatoms. The van der Waals surface area contributed by atoms with Crippen molar-refractivity contribution >= 4 is 39.1 Å². The van der Waals surface area contributed by atoms with Crippen molar-refractivity contribution in [1.29, 1.82) is 0 Å². The summed E-state index contributed by atoms with van der Waals surface area (Å²) in [7, 11) is 0. The topological polar surface area (TPSA) is 30.7 Å². The molecule has 0 radical (unpaired) electrons. The van der Waals surface area contributed by atoms with Crippen LogP contribution in [0.2, 0.25) is 5.02 Å². The van der Waals surface area contributed by atoms with E-state index in [2.05, 4.69) is 26.1 Å². The number of alkyl halides is 1. The van der Waals surface area contributed by atoms with Crippen molar-refractivity contribution in [3.8, 4) is 17.1 Å². The second-order valence-corrected chi connectivity index (χ2v) is 5.90. The van der Waals surface area contributed by atoms with Crippen LogP contribution in [0.3, 0.4) is 0 Å². The van der Waals surface area contributed by atoms with Crippen molar-refractivity contribution in [2.24, 2.45) is 0 Å². The first-order valence-electron chi connectivity index (χ1n) is 6.22. The summed E-state index contributed by atoms with van der Waals surface area (Å²) in [6.45, 7) is 0. The molecule has 0 aliphatic heterocycles. The van der Waals surface area contributed by atoms with E-state index in [1.165, 1.54) is 0 Å². The third-order valence-corrected chi connectivity index (χ3v) is 4.49. The largest absolute Gasteiger partial charge is 0.278 e. The number of nitrogens with zero attached hydrogens (tertiary/aromatic N) is 3. The van der Waals surface area contributed by atoms with Crippen LogP contribution in [-0.4, -0.2) is 14.8 Å². The monoisotopic (exact) mass is 381 g/mol. The Morgan fingerprint density at radius 3 is 2.48 bits per heavy atom. The van der Waals surface area contributed by atoms with Crippen molar-refractivity contribution < 1.29 is 0 Å². The van der Waals surface area contributed by atoms with Gasteiger partial charge in [-0.25, -0.2) is 0 Å². The van der Waals surface area contributed by atoms with Crippen LogP contribution >= 0.6 is 39.1 Å². The summed E-state index contributed by atoms with van der Waals surface area (Å²) in [5, 5.41) is 9.10. The lowest BCUT2D eigenvalue weighted by Gasteiger charge is -2.09. The van der Waals surface area contributed by atoms with Crippen LogP contribution in [0.5, 0.6) is 0 Å². The van der Waals surface area contributed by atoms with E-state index < -0.39 is 0 Å². The van der Waals surface area contributed by atoms with Crippen molar-refractivity contribution in [2.45, 2.75) is 5.88 Å².